The second kappa shape index (κ2) is 10.3. The van der Waals surface area contributed by atoms with Gasteiger partial charge in [-0.2, -0.15) is 0 Å². The van der Waals surface area contributed by atoms with Gasteiger partial charge in [-0.05, 0) is 55.9 Å². The van der Waals surface area contributed by atoms with E-state index in [1.165, 1.54) is 28.1 Å². The van der Waals surface area contributed by atoms with E-state index in [0.29, 0.717) is 19.5 Å². The largest absolute Gasteiger partial charge is 0.369 e. The summed E-state index contributed by atoms with van der Waals surface area (Å²) < 4.78 is 1.61. The van der Waals surface area contributed by atoms with Crippen LogP contribution in [0.5, 0.6) is 0 Å². The number of nitrogens with one attached hydrogen (secondary N) is 1. The Bertz CT molecular complexity index is 1230. The number of carbonyl (C=O) groups excluding carboxylic acids is 1. The minimum absolute atomic E-state index is 0.00341. The van der Waals surface area contributed by atoms with Gasteiger partial charge in [0, 0.05) is 62.8 Å². The van der Waals surface area contributed by atoms with E-state index in [1.54, 1.807) is 22.2 Å². The summed E-state index contributed by atoms with van der Waals surface area (Å²) in [6.07, 6.45) is 6.25. The number of aromatic nitrogens is 2. The van der Waals surface area contributed by atoms with Crippen LogP contribution in [0.2, 0.25) is 0 Å². The van der Waals surface area contributed by atoms with Crippen LogP contribution in [0.1, 0.15) is 35.3 Å². The number of benzene rings is 1. The van der Waals surface area contributed by atoms with Crippen LogP contribution < -0.4 is 15.8 Å². The van der Waals surface area contributed by atoms with Crippen LogP contribution in [0.4, 0.5) is 5.69 Å². The number of hydrogen-bond acceptors (Lipinski definition) is 6. The predicted molar refractivity (Wildman–Crippen MR) is 138 cm³/mol. The molecule has 34 heavy (non-hydrogen) atoms. The SMILES string of the molecule is Cc1cccc(N2CCN(CCNC(=O)CCn3cnc4sc5c(c4c3=O)CCCC5)CC2)c1. The van der Waals surface area contributed by atoms with E-state index >= 15 is 0 Å². The minimum Gasteiger partial charge on any atom is -0.369 e. The molecule has 3 aromatic rings. The maximum Gasteiger partial charge on any atom is 0.262 e. The van der Waals surface area contributed by atoms with Crippen molar-refractivity contribution < 1.29 is 4.79 Å². The Morgan fingerprint density at radius 1 is 1.12 bits per heavy atom. The molecule has 0 spiro atoms. The summed E-state index contributed by atoms with van der Waals surface area (Å²) in [5, 5.41) is 3.81. The number of amides is 1. The first-order valence-corrected chi connectivity index (χ1v) is 13.2. The van der Waals surface area contributed by atoms with Crippen LogP contribution in [0.25, 0.3) is 10.2 Å². The second-order valence-electron chi connectivity index (χ2n) is 9.40. The summed E-state index contributed by atoms with van der Waals surface area (Å²) in [7, 11) is 0. The highest BCUT2D eigenvalue weighted by molar-refractivity contribution is 7.18. The van der Waals surface area contributed by atoms with Gasteiger partial charge in [0.1, 0.15) is 4.83 Å². The highest BCUT2D eigenvalue weighted by atomic mass is 32.1. The highest BCUT2D eigenvalue weighted by Gasteiger charge is 2.20. The number of hydrogen-bond donors (Lipinski definition) is 1. The summed E-state index contributed by atoms with van der Waals surface area (Å²) in [6.45, 7) is 7.97. The summed E-state index contributed by atoms with van der Waals surface area (Å²) in [6, 6.07) is 8.65. The van der Waals surface area contributed by atoms with Crippen molar-refractivity contribution in [3.8, 4) is 0 Å². The van der Waals surface area contributed by atoms with Crippen molar-refractivity contribution in [3.63, 3.8) is 0 Å². The number of fused-ring (bicyclic) bond motifs is 3. The lowest BCUT2D eigenvalue weighted by Crippen LogP contribution is -2.48. The zero-order valence-electron chi connectivity index (χ0n) is 19.9. The first kappa shape index (κ1) is 23.1. The lowest BCUT2D eigenvalue weighted by molar-refractivity contribution is -0.121. The van der Waals surface area contributed by atoms with Gasteiger partial charge in [0.15, 0.2) is 0 Å². The fourth-order valence-corrected chi connectivity index (χ4v) is 6.28. The number of piperazine rings is 1. The predicted octanol–water partition coefficient (Wildman–Crippen LogP) is 2.97. The van der Waals surface area contributed by atoms with Crippen LogP contribution in [0, 0.1) is 6.92 Å². The molecule has 1 aromatic carbocycles. The molecular weight excluding hydrogens is 446 g/mol. The minimum atomic E-state index is -0.0160. The zero-order valence-corrected chi connectivity index (χ0v) is 20.7. The number of carbonyl (C=O) groups is 1. The van der Waals surface area contributed by atoms with E-state index in [2.05, 4.69) is 51.3 Å². The highest BCUT2D eigenvalue weighted by Crippen LogP contribution is 2.33. The first-order chi connectivity index (χ1) is 16.6. The smallest absolute Gasteiger partial charge is 0.262 e. The number of anilines is 1. The lowest BCUT2D eigenvalue weighted by atomic mass is 9.97. The lowest BCUT2D eigenvalue weighted by Gasteiger charge is -2.36. The summed E-state index contributed by atoms with van der Waals surface area (Å²) >= 11 is 1.66. The molecule has 7 nitrogen and oxygen atoms in total. The molecule has 2 aliphatic rings. The van der Waals surface area contributed by atoms with Gasteiger partial charge in [-0.3, -0.25) is 19.1 Å². The van der Waals surface area contributed by atoms with E-state index < -0.39 is 0 Å². The van der Waals surface area contributed by atoms with Crippen molar-refractivity contribution in [3.05, 3.63) is 57.0 Å². The number of thiophene rings is 1. The van der Waals surface area contributed by atoms with Gasteiger partial charge in [-0.15, -0.1) is 11.3 Å². The number of nitrogens with zero attached hydrogens (tertiary/aromatic N) is 4. The molecular formula is C26H33N5O2S. The standard InChI is InChI=1S/C26H33N5O2S/c1-19-5-4-6-20(17-19)30-15-13-29(14-16-30)12-10-27-23(32)9-11-31-18-28-25-24(26(31)33)21-7-2-3-8-22(21)34-25/h4-6,17-18H,2-3,7-16H2,1H3,(H,27,32). The molecule has 1 saturated heterocycles. The van der Waals surface area contributed by atoms with Gasteiger partial charge < -0.3 is 10.2 Å². The average molecular weight is 480 g/mol. The van der Waals surface area contributed by atoms with Gasteiger partial charge in [0.2, 0.25) is 5.91 Å². The summed E-state index contributed by atoms with van der Waals surface area (Å²) in [5.41, 5.74) is 3.78. The quantitative estimate of drug-likeness (QED) is 0.564. The van der Waals surface area contributed by atoms with Crippen LogP contribution in [0.15, 0.2) is 35.4 Å². The van der Waals surface area contributed by atoms with Crippen molar-refractivity contribution >= 4 is 33.1 Å². The number of aryl methyl sites for hydroxylation is 4. The van der Waals surface area contributed by atoms with E-state index in [0.717, 1.165) is 62.2 Å². The van der Waals surface area contributed by atoms with Crippen LogP contribution in [0.3, 0.4) is 0 Å². The van der Waals surface area contributed by atoms with Crippen LogP contribution in [-0.2, 0) is 24.2 Å². The molecule has 1 aliphatic carbocycles. The van der Waals surface area contributed by atoms with Crippen molar-refractivity contribution in [1.82, 2.24) is 19.8 Å². The normalized spacial score (nSPS) is 16.6. The molecule has 1 fully saturated rings. The molecule has 3 heterocycles. The Morgan fingerprint density at radius 3 is 2.76 bits per heavy atom. The van der Waals surface area contributed by atoms with E-state index in [-0.39, 0.29) is 11.5 Å². The molecule has 0 radical (unpaired) electrons. The second-order valence-corrected chi connectivity index (χ2v) is 10.5. The fraction of sp³-hybridized carbons (Fsp3) is 0.500. The van der Waals surface area contributed by atoms with Crippen molar-refractivity contribution in [2.75, 3.05) is 44.2 Å². The van der Waals surface area contributed by atoms with Crippen molar-refractivity contribution in [1.29, 1.82) is 0 Å². The fourth-order valence-electron chi connectivity index (χ4n) is 5.06. The van der Waals surface area contributed by atoms with Gasteiger partial charge in [-0.1, -0.05) is 12.1 Å². The zero-order chi connectivity index (χ0) is 23.5. The molecule has 8 heteroatoms. The van der Waals surface area contributed by atoms with Crippen molar-refractivity contribution in [2.45, 2.75) is 45.6 Å². The molecule has 1 N–H and O–H groups in total. The topological polar surface area (TPSA) is 70.5 Å². The van der Waals surface area contributed by atoms with Crippen molar-refractivity contribution in [2.24, 2.45) is 0 Å². The third kappa shape index (κ3) is 5.03. The molecule has 180 valence electrons. The molecule has 5 rings (SSSR count). The van der Waals surface area contributed by atoms with Gasteiger partial charge in [0.05, 0.1) is 11.7 Å². The summed E-state index contributed by atoms with van der Waals surface area (Å²) in [4.78, 5) is 37.0. The maximum absolute atomic E-state index is 13.0. The molecule has 0 bridgehead atoms. The molecule has 2 aromatic heterocycles. The number of rotatable bonds is 7. The van der Waals surface area contributed by atoms with Crippen LogP contribution in [-0.4, -0.2) is 59.6 Å². The Hall–Kier alpha value is -2.71. The maximum atomic E-state index is 13.0. The Kier molecular flexibility index (Phi) is 6.97. The van der Waals surface area contributed by atoms with E-state index in [9.17, 15) is 9.59 Å². The van der Waals surface area contributed by atoms with Crippen LogP contribution >= 0.6 is 11.3 Å². The van der Waals surface area contributed by atoms with E-state index in [4.69, 9.17) is 0 Å². The van der Waals surface area contributed by atoms with E-state index in [1.807, 2.05) is 0 Å². The van der Waals surface area contributed by atoms with Gasteiger partial charge >= 0.3 is 0 Å². The Labute approximate surface area is 204 Å². The Balaban J connectivity index is 1.07. The molecule has 1 amide bonds. The molecule has 1 aliphatic heterocycles. The van der Waals surface area contributed by atoms with Gasteiger partial charge in [-0.25, -0.2) is 4.98 Å². The monoisotopic (exact) mass is 479 g/mol. The molecule has 0 unspecified atom stereocenters. The third-order valence-corrected chi connectivity index (χ3v) is 8.21. The summed E-state index contributed by atoms with van der Waals surface area (Å²) in [5.74, 6) is -0.0160. The Morgan fingerprint density at radius 2 is 1.94 bits per heavy atom. The molecule has 0 atom stereocenters. The first-order valence-electron chi connectivity index (χ1n) is 12.4. The third-order valence-electron chi connectivity index (χ3n) is 7.01. The molecule has 0 saturated carbocycles. The van der Waals surface area contributed by atoms with Gasteiger partial charge in [0.25, 0.3) is 5.56 Å². The average Bonchev–Trinajstić information content (AvgIpc) is 3.23.